The molecule has 21 heavy (non-hydrogen) atoms. The molecule has 5 heteroatoms. The number of benzene rings is 1. The molecule has 2 rings (SSSR count). The highest BCUT2D eigenvalue weighted by molar-refractivity contribution is 5.95. The number of anilines is 1. The molecule has 0 spiro atoms. The molecule has 0 radical (unpaired) electrons. The fourth-order valence-corrected chi connectivity index (χ4v) is 1.84. The zero-order valence-electron chi connectivity index (χ0n) is 12.8. The van der Waals surface area contributed by atoms with Gasteiger partial charge >= 0.3 is 6.15 Å². The van der Waals surface area contributed by atoms with E-state index in [9.17, 15) is 0 Å². The van der Waals surface area contributed by atoms with Crippen LogP contribution in [0.3, 0.4) is 0 Å². The van der Waals surface area contributed by atoms with Crippen molar-refractivity contribution in [2.75, 3.05) is 12.3 Å². The summed E-state index contributed by atoms with van der Waals surface area (Å²) in [7, 11) is 0. The van der Waals surface area contributed by atoms with Gasteiger partial charge in [-0.2, -0.15) is 9.59 Å². The highest BCUT2D eigenvalue weighted by atomic mass is 16.5. The van der Waals surface area contributed by atoms with E-state index in [0.717, 1.165) is 28.0 Å². The molecule has 0 aliphatic heterocycles. The second kappa shape index (κ2) is 6.86. The molecule has 0 bridgehead atoms. The van der Waals surface area contributed by atoms with Crippen LogP contribution in [0.15, 0.2) is 24.3 Å². The third-order valence-corrected chi connectivity index (χ3v) is 2.61. The lowest BCUT2D eigenvalue weighted by molar-refractivity contribution is -0.191. The predicted octanol–water partition coefficient (Wildman–Crippen LogP) is 2.97. The zero-order valence-corrected chi connectivity index (χ0v) is 12.8. The number of pyridine rings is 1. The number of aromatic nitrogens is 1. The van der Waals surface area contributed by atoms with E-state index in [2.05, 4.69) is 25.8 Å². The first-order valence-corrected chi connectivity index (χ1v) is 6.56. The van der Waals surface area contributed by atoms with Crippen LogP contribution in [0.25, 0.3) is 10.9 Å². The number of carbonyl (C=O) groups excluding carboxylic acids is 2. The third-order valence-electron chi connectivity index (χ3n) is 2.61. The number of ether oxygens (including phenoxy) is 1. The molecule has 1 aromatic heterocycles. The van der Waals surface area contributed by atoms with E-state index in [-0.39, 0.29) is 11.6 Å². The monoisotopic (exact) mass is 288 g/mol. The molecule has 0 fully saturated rings. The minimum absolute atomic E-state index is 0.120. The normalized spacial score (nSPS) is 10.5. The number of nitrogens with two attached hydrogens (primary N) is 1. The summed E-state index contributed by atoms with van der Waals surface area (Å²) in [6, 6.07) is 7.74. The Kier molecular flexibility index (Phi) is 5.44. The molecule has 1 heterocycles. The number of nitrogens with zero attached hydrogens (tertiary/aromatic N) is 1. The molecule has 0 saturated carbocycles. The average Bonchev–Trinajstić information content (AvgIpc) is 2.35. The van der Waals surface area contributed by atoms with Crippen LogP contribution in [0.2, 0.25) is 0 Å². The van der Waals surface area contributed by atoms with Crippen molar-refractivity contribution in [1.29, 1.82) is 0 Å². The largest absolute Gasteiger partial charge is 0.492 e. The smallest absolute Gasteiger partial charge is 0.373 e. The van der Waals surface area contributed by atoms with Gasteiger partial charge in [0.2, 0.25) is 0 Å². The first kappa shape index (κ1) is 16.7. The van der Waals surface area contributed by atoms with Crippen LogP contribution < -0.4 is 10.5 Å². The van der Waals surface area contributed by atoms with E-state index < -0.39 is 0 Å². The van der Waals surface area contributed by atoms with Gasteiger partial charge < -0.3 is 10.5 Å². The van der Waals surface area contributed by atoms with Gasteiger partial charge in [-0.25, -0.2) is 0 Å². The maximum atomic E-state index is 8.12. The molecule has 0 unspecified atom stereocenters. The average molecular weight is 288 g/mol. The number of fused-ring (bicyclic) bond motifs is 1. The molecule has 5 nitrogen and oxygen atoms in total. The molecule has 0 aliphatic carbocycles. The topological polar surface area (TPSA) is 82.3 Å². The van der Waals surface area contributed by atoms with Gasteiger partial charge in [-0.05, 0) is 30.5 Å². The van der Waals surface area contributed by atoms with Crippen molar-refractivity contribution in [2.45, 2.75) is 27.7 Å². The second-order valence-electron chi connectivity index (χ2n) is 5.94. The Balaban J connectivity index is 0.000000677. The molecule has 0 atom stereocenters. The molecule has 2 N–H and O–H groups in total. The maximum Gasteiger partial charge on any atom is 0.373 e. The summed E-state index contributed by atoms with van der Waals surface area (Å²) >= 11 is 0. The Bertz CT molecular complexity index is 654. The fourth-order valence-electron chi connectivity index (χ4n) is 1.84. The van der Waals surface area contributed by atoms with E-state index in [0.29, 0.717) is 6.61 Å². The van der Waals surface area contributed by atoms with E-state index >= 15 is 0 Å². The van der Waals surface area contributed by atoms with Crippen molar-refractivity contribution in [3.05, 3.63) is 30.0 Å². The molecular weight excluding hydrogens is 268 g/mol. The van der Waals surface area contributed by atoms with Crippen LogP contribution in [0.1, 0.15) is 26.5 Å². The lowest BCUT2D eigenvalue weighted by Crippen LogP contribution is -2.17. The molecular formula is C16H20N2O3. The van der Waals surface area contributed by atoms with E-state index in [1.54, 1.807) is 0 Å². The van der Waals surface area contributed by atoms with Crippen LogP contribution in [0.5, 0.6) is 5.75 Å². The quantitative estimate of drug-likeness (QED) is 0.918. The summed E-state index contributed by atoms with van der Waals surface area (Å²) in [5, 5.41) is 0.910. The van der Waals surface area contributed by atoms with Crippen molar-refractivity contribution >= 4 is 22.7 Å². The van der Waals surface area contributed by atoms with Gasteiger partial charge in [0.15, 0.2) is 0 Å². The summed E-state index contributed by atoms with van der Waals surface area (Å²) < 4.78 is 5.88. The number of aryl methyl sites for hydroxylation is 1. The first-order valence-electron chi connectivity index (χ1n) is 6.56. The molecule has 0 aliphatic rings. The Morgan fingerprint density at radius 3 is 2.48 bits per heavy atom. The second-order valence-corrected chi connectivity index (χ2v) is 5.94. The molecule has 2 aromatic rings. The molecule has 0 saturated heterocycles. The number of rotatable bonds is 2. The minimum Gasteiger partial charge on any atom is -0.492 e. The Morgan fingerprint density at radius 1 is 1.29 bits per heavy atom. The lowest BCUT2D eigenvalue weighted by Gasteiger charge is -2.20. The third kappa shape index (κ3) is 4.89. The number of hydrogen-bond donors (Lipinski definition) is 1. The van der Waals surface area contributed by atoms with Crippen LogP contribution >= 0.6 is 0 Å². The summed E-state index contributed by atoms with van der Waals surface area (Å²) in [5.41, 5.74) is 8.73. The van der Waals surface area contributed by atoms with Gasteiger partial charge in [0.05, 0.1) is 17.5 Å². The fraction of sp³-hybridized carbons (Fsp3) is 0.375. The van der Waals surface area contributed by atoms with Crippen LogP contribution in [-0.2, 0) is 9.59 Å². The summed E-state index contributed by atoms with van der Waals surface area (Å²) in [5.74, 6) is 0.812. The zero-order chi connectivity index (χ0) is 16.0. The van der Waals surface area contributed by atoms with Gasteiger partial charge in [0, 0.05) is 11.4 Å². The van der Waals surface area contributed by atoms with Crippen molar-refractivity contribution in [2.24, 2.45) is 5.41 Å². The molecule has 112 valence electrons. The van der Waals surface area contributed by atoms with Crippen LogP contribution in [-0.4, -0.2) is 17.7 Å². The van der Waals surface area contributed by atoms with Gasteiger partial charge in [-0.3, -0.25) is 4.98 Å². The van der Waals surface area contributed by atoms with Crippen LogP contribution in [0.4, 0.5) is 5.69 Å². The Hall–Kier alpha value is -2.39. The standard InChI is InChI=1S/C15H20N2O.CO2/c1-10-8-11(16)14-12(17-10)6-5-7-13(14)18-9-15(2,3)4;2-1-3/h5-8H,9H2,1-4H3,(H2,16,17);. The molecule has 1 aromatic carbocycles. The van der Waals surface area contributed by atoms with E-state index in [1.807, 2.05) is 31.2 Å². The predicted molar refractivity (Wildman–Crippen MR) is 80.8 cm³/mol. The van der Waals surface area contributed by atoms with Gasteiger partial charge in [-0.1, -0.05) is 26.8 Å². The Labute approximate surface area is 124 Å². The van der Waals surface area contributed by atoms with E-state index in [4.69, 9.17) is 20.1 Å². The highest BCUT2D eigenvalue weighted by Crippen LogP contribution is 2.31. The molecule has 0 amide bonds. The van der Waals surface area contributed by atoms with Crippen molar-refractivity contribution < 1.29 is 14.3 Å². The van der Waals surface area contributed by atoms with Crippen molar-refractivity contribution in [1.82, 2.24) is 4.98 Å². The SMILES string of the molecule is Cc1cc(N)c2c(OCC(C)(C)C)cccc2n1.O=C=O. The number of hydrogen-bond acceptors (Lipinski definition) is 5. The van der Waals surface area contributed by atoms with Gasteiger partial charge in [0.1, 0.15) is 5.75 Å². The number of nitrogen functional groups attached to an aromatic ring is 1. The van der Waals surface area contributed by atoms with Crippen molar-refractivity contribution in [3.8, 4) is 5.75 Å². The first-order chi connectivity index (χ1) is 9.78. The lowest BCUT2D eigenvalue weighted by atomic mass is 9.98. The summed E-state index contributed by atoms with van der Waals surface area (Å²) in [6.07, 6.45) is 0.250. The van der Waals surface area contributed by atoms with Crippen molar-refractivity contribution in [3.63, 3.8) is 0 Å². The minimum atomic E-state index is 0.120. The Morgan fingerprint density at radius 2 is 1.90 bits per heavy atom. The van der Waals surface area contributed by atoms with E-state index in [1.165, 1.54) is 0 Å². The summed E-state index contributed by atoms with van der Waals surface area (Å²) in [4.78, 5) is 20.7. The van der Waals surface area contributed by atoms with Crippen LogP contribution in [0, 0.1) is 12.3 Å². The highest BCUT2D eigenvalue weighted by Gasteiger charge is 2.13. The van der Waals surface area contributed by atoms with Gasteiger partial charge in [-0.15, -0.1) is 0 Å². The maximum absolute atomic E-state index is 8.12. The van der Waals surface area contributed by atoms with Gasteiger partial charge in [0.25, 0.3) is 0 Å². The summed E-state index contributed by atoms with van der Waals surface area (Å²) in [6.45, 7) is 9.02.